The van der Waals surface area contributed by atoms with Crippen LogP contribution in [0.25, 0.3) is 0 Å². The lowest BCUT2D eigenvalue weighted by Crippen LogP contribution is -2.56. The summed E-state index contributed by atoms with van der Waals surface area (Å²) in [4.78, 5) is 28.9. The summed E-state index contributed by atoms with van der Waals surface area (Å²) < 4.78 is 12.3. The van der Waals surface area contributed by atoms with E-state index in [2.05, 4.69) is 45.1 Å². The molecule has 2 heterocycles. The van der Waals surface area contributed by atoms with Crippen molar-refractivity contribution in [1.82, 2.24) is 4.90 Å². The maximum atomic E-state index is 13.7. The van der Waals surface area contributed by atoms with Gasteiger partial charge in [-0.3, -0.25) is 4.79 Å². The molecule has 7 nitrogen and oxygen atoms in total. The molecule has 0 aromatic heterocycles. The smallest absolute Gasteiger partial charge is 0.329 e. The molecule has 0 bridgehead atoms. The Labute approximate surface area is 254 Å². The molecule has 9 atom stereocenters. The van der Waals surface area contributed by atoms with Gasteiger partial charge in [-0.2, -0.15) is 0 Å². The van der Waals surface area contributed by atoms with Gasteiger partial charge in [0.25, 0.3) is 0 Å². The summed E-state index contributed by atoms with van der Waals surface area (Å²) in [5.41, 5.74) is 2.01. The van der Waals surface area contributed by atoms with Gasteiger partial charge in [-0.25, -0.2) is 4.79 Å². The van der Waals surface area contributed by atoms with Crippen molar-refractivity contribution >= 4 is 11.9 Å². The number of nitrogens with zero attached hydrogens (tertiary/aromatic N) is 1. The average molecular weight is 588 g/mol. The van der Waals surface area contributed by atoms with Gasteiger partial charge >= 0.3 is 5.97 Å². The lowest BCUT2D eigenvalue weighted by molar-refractivity contribution is -0.300. The number of aliphatic hydroxyl groups excluding tert-OH is 1. The van der Waals surface area contributed by atoms with E-state index in [1.807, 2.05) is 41.5 Å². The van der Waals surface area contributed by atoms with Crippen molar-refractivity contribution in [2.45, 2.75) is 131 Å². The molecule has 3 aliphatic rings. The first-order valence-electron chi connectivity index (χ1n) is 16.3. The lowest BCUT2D eigenvalue weighted by Gasteiger charge is -2.47. The molecule has 0 aromatic rings. The molecule has 42 heavy (non-hydrogen) atoms. The van der Waals surface area contributed by atoms with Gasteiger partial charge in [-0.05, 0) is 81.1 Å². The predicted octanol–water partition coefficient (Wildman–Crippen LogP) is 6.20. The molecule has 7 heteroatoms. The van der Waals surface area contributed by atoms with Gasteiger partial charge in [-0.1, -0.05) is 78.3 Å². The molecule has 238 valence electrons. The fourth-order valence-electron chi connectivity index (χ4n) is 7.07. The van der Waals surface area contributed by atoms with Crippen molar-refractivity contribution in [3.63, 3.8) is 0 Å². The second-order valence-electron chi connectivity index (χ2n) is 14.2. The molecular formula is C35H57NO6. The number of likely N-dealkylation sites (tertiary alicyclic amines) is 1. The van der Waals surface area contributed by atoms with E-state index >= 15 is 0 Å². The quantitative estimate of drug-likeness (QED) is 0.190. The van der Waals surface area contributed by atoms with Crippen molar-refractivity contribution in [1.29, 1.82) is 0 Å². The summed E-state index contributed by atoms with van der Waals surface area (Å²) in [5.74, 6) is -1.46. The van der Waals surface area contributed by atoms with Gasteiger partial charge < -0.3 is 24.6 Å². The molecule has 2 aliphatic heterocycles. The number of allylic oxidation sites excluding steroid dienone is 4. The second kappa shape index (κ2) is 14.7. The van der Waals surface area contributed by atoms with Crippen molar-refractivity contribution in [2.75, 3.05) is 6.54 Å². The highest BCUT2D eigenvalue weighted by Crippen LogP contribution is 2.41. The number of carbonyl (C=O) groups is 2. The van der Waals surface area contributed by atoms with Gasteiger partial charge in [-0.15, -0.1) is 0 Å². The molecule has 2 saturated heterocycles. The number of hydrogen-bond donors (Lipinski definition) is 2. The van der Waals surface area contributed by atoms with Crippen LogP contribution < -0.4 is 0 Å². The first-order chi connectivity index (χ1) is 19.6. The first-order valence-corrected chi connectivity index (χ1v) is 16.3. The summed E-state index contributed by atoms with van der Waals surface area (Å²) in [6.07, 6.45) is 11.1. The van der Waals surface area contributed by atoms with E-state index in [4.69, 9.17) is 9.47 Å². The first kappa shape index (κ1) is 34.5. The van der Waals surface area contributed by atoms with Crippen LogP contribution in [0.4, 0.5) is 0 Å². The van der Waals surface area contributed by atoms with Crippen molar-refractivity contribution in [2.24, 2.45) is 35.5 Å². The normalized spacial score (nSPS) is 35.5. The maximum Gasteiger partial charge on any atom is 0.329 e. The second-order valence-corrected chi connectivity index (χ2v) is 14.2. The molecule has 0 spiro atoms. The van der Waals surface area contributed by atoms with Crippen LogP contribution in [-0.2, 0) is 19.1 Å². The number of carbonyl (C=O) groups excluding carboxylic acids is 2. The monoisotopic (exact) mass is 587 g/mol. The Hall–Kier alpha value is -1.96. The number of piperidine rings is 1. The molecule has 1 aliphatic carbocycles. The molecule has 2 fully saturated rings. The number of rotatable bonds is 9. The summed E-state index contributed by atoms with van der Waals surface area (Å²) in [7, 11) is 0. The largest absolute Gasteiger partial charge is 0.456 e. The predicted molar refractivity (Wildman–Crippen MR) is 166 cm³/mol. The van der Waals surface area contributed by atoms with Crippen LogP contribution in [0.3, 0.4) is 0 Å². The van der Waals surface area contributed by atoms with E-state index in [1.165, 1.54) is 0 Å². The van der Waals surface area contributed by atoms with Gasteiger partial charge in [0.05, 0.1) is 18.6 Å². The fourth-order valence-corrected chi connectivity index (χ4v) is 7.07. The highest BCUT2D eigenvalue weighted by molar-refractivity contribution is 5.85. The minimum atomic E-state index is -1.55. The molecule has 3 rings (SSSR count). The Morgan fingerprint density at radius 3 is 2.40 bits per heavy atom. The van der Waals surface area contributed by atoms with Crippen LogP contribution in [0.5, 0.6) is 0 Å². The van der Waals surface area contributed by atoms with Gasteiger partial charge in [0, 0.05) is 12.5 Å². The molecular weight excluding hydrogens is 530 g/mol. The van der Waals surface area contributed by atoms with Crippen LogP contribution >= 0.6 is 0 Å². The molecule has 1 amide bonds. The Morgan fingerprint density at radius 1 is 1.10 bits per heavy atom. The van der Waals surface area contributed by atoms with E-state index < -0.39 is 17.9 Å². The third kappa shape index (κ3) is 8.57. The third-order valence-electron chi connectivity index (χ3n) is 9.57. The van der Waals surface area contributed by atoms with Crippen LogP contribution in [0.2, 0.25) is 0 Å². The molecule has 0 aromatic carbocycles. The summed E-state index contributed by atoms with van der Waals surface area (Å²) in [6.45, 7) is 18.8. The Morgan fingerprint density at radius 2 is 1.79 bits per heavy atom. The number of aliphatic hydroxyl groups is 2. The highest BCUT2D eigenvalue weighted by Gasteiger charge is 2.48. The SMILES string of the molecule is CC(=C\C1C=CC(C)C(O)C1)/C=C(\C)[C@@H](OC(=O)[C@@H]1CCCCN1C(=O)C[C@]1(O)OC(C(C)C)C(C)C[C@H]1C)C(C)C. The van der Waals surface area contributed by atoms with E-state index in [0.29, 0.717) is 25.3 Å². The Kier molecular flexibility index (Phi) is 12.1. The van der Waals surface area contributed by atoms with Gasteiger partial charge in [0.15, 0.2) is 5.79 Å². The number of ether oxygens (including phenoxy) is 2. The zero-order chi connectivity index (χ0) is 31.4. The topological polar surface area (TPSA) is 96.3 Å². The molecule has 0 saturated carbocycles. The lowest BCUT2D eigenvalue weighted by atomic mass is 9.79. The minimum absolute atomic E-state index is 0.0511. The Bertz CT molecular complexity index is 1030. The maximum absolute atomic E-state index is 13.7. The average Bonchev–Trinajstić information content (AvgIpc) is 2.91. The van der Waals surface area contributed by atoms with E-state index in [-0.39, 0.29) is 60.1 Å². The van der Waals surface area contributed by atoms with E-state index in [0.717, 1.165) is 30.4 Å². The number of hydrogen-bond acceptors (Lipinski definition) is 6. The van der Waals surface area contributed by atoms with Crippen molar-refractivity contribution in [3.8, 4) is 0 Å². The summed E-state index contributed by atoms with van der Waals surface area (Å²) in [5, 5.41) is 21.8. The zero-order valence-corrected chi connectivity index (χ0v) is 27.5. The summed E-state index contributed by atoms with van der Waals surface area (Å²) in [6, 6.07) is -0.671. The van der Waals surface area contributed by atoms with Crippen LogP contribution in [0.1, 0.15) is 101 Å². The third-order valence-corrected chi connectivity index (χ3v) is 9.57. The van der Waals surface area contributed by atoms with E-state index in [9.17, 15) is 19.8 Å². The van der Waals surface area contributed by atoms with Crippen molar-refractivity contribution < 1.29 is 29.3 Å². The van der Waals surface area contributed by atoms with Gasteiger partial charge in [0.1, 0.15) is 12.1 Å². The molecule has 0 radical (unpaired) electrons. The Balaban J connectivity index is 1.71. The summed E-state index contributed by atoms with van der Waals surface area (Å²) >= 11 is 0. The van der Waals surface area contributed by atoms with Gasteiger partial charge in [0.2, 0.25) is 5.91 Å². The van der Waals surface area contributed by atoms with Crippen LogP contribution in [-0.4, -0.2) is 63.7 Å². The van der Waals surface area contributed by atoms with Crippen molar-refractivity contribution in [3.05, 3.63) is 35.5 Å². The van der Waals surface area contributed by atoms with Crippen LogP contribution in [0.15, 0.2) is 35.5 Å². The highest BCUT2D eigenvalue weighted by atomic mass is 16.6. The molecule has 2 N–H and O–H groups in total. The molecule has 5 unspecified atom stereocenters. The fraction of sp³-hybridized carbons (Fsp3) is 0.771. The standard InChI is InChI=1S/C35H57NO6/c1-21(2)32(25(7)16-23(5)17-28-14-13-24(6)30(37)19-28)41-34(39)29-12-10-11-15-36(29)31(38)20-35(40)27(9)18-26(8)33(42-35)22(3)4/h13-14,16-17,21-22,24,26-30,32-33,37,40H,10-12,15,18-20H2,1-9H3/b23-17+,25-16+/t24?,26?,27-,28?,29+,30?,32+,33?,35+/m1/s1. The van der Waals surface area contributed by atoms with E-state index in [1.54, 1.807) is 4.90 Å². The number of amides is 1. The number of esters is 1. The minimum Gasteiger partial charge on any atom is -0.456 e. The van der Waals surface area contributed by atoms with Crippen LogP contribution in [0, 0.1) is 35.5 Å². The zero-order valence-electron chi connectivity index (χ0n) is 27.5.